The van der Waals surface area contributed by atoms with Gasteiger partial charge in [-0.1, -0.05) is 0 Å². The average molecular weight is 348 g/mol. The number of halogens is 2. The Balaban J connectivity index is 1.98. The van der Waals surface area contributed by atoms with Gasteiger partial charge in [0.05, 0.1) is 19.3 Å². The number of rotatable bonds is 3. The van der Waals surface area contributed by atoms with E-state index in [1.165, 1.54) is 18.1 Å². The highest BCUT2D eigenvalue weighted by Gasteiger charge is 2.37. The summed E-state index contributed by atoms with van der Waals surface area (Å²) in [4.78, 5) is 18.4. The van der Waals surface area contributed by atoms with Gasteiger partial charge in [-0.15, -0.1) is 0 Å². The molecule has 1 aliphatic heterocycles. The maximum Gasteiger partial charge on any atom is 0.254 e. The van der Waals surface area contributed by atoms with Crippen molar-refractivity contribution in [1.29, 1.82) is 0 Å². The minimum absolute atomic E-state index is 0.0448. The summed E-state index contributed by atoms with van der Waals surface area (Å²) < 4.78 is 32.8. The van der Waals surface area contributed by atoms with E-state index in [0.717, 1.165) is 18.2 Å². The first-order valence-corrected chi connectivity index (χ1v) is 7.85. The topological polar surface area (TPSA) is 62.7 Å². The molecule has 0 aliphatic carbocycles. The third-order valence-electron chi connectivity index (χ3n) is 4.24. The van der Waals surface area contributed by atoms with E-state index in [4.69, 9.17) is 4.74 Å². The van der Waals surface area contributed by atoms with Crippen LogP contribution in [0.2, 0.25) is 0 Å². The van der Waals surface area contributed by atoms with Crippen LogP contribution in [0.25, 0.3) is 0 Å². The van der Waals surface area contributed by atoms with Gasteiger partial charge in [0.15, 0.2) is 0 Å². The van der Waals surface area contributed by atoms with Crippen LogP contribution in [0.5, 0.6) is 5.88 Å². The zero-order valence-electron chi connectivity index (χ0n) is 13.9. The molecule has 0 unspecified atom stereocenters. The van der Waals surface area contributed by atoms with E-state index in [1.807, 2.05) is 0 Å². The molecule has 25 heavy (non-hydrogen) atoms. The second kappa shape index (κ2) is 6.76. The van der Waals surface area contributed by atoms with Crippen LogP contribution in [0.15, 0.2) is 30.3 Å². The number of ether oxygens (including phenoxy) is 1. The van der Waals surface area contributed by atoms with E-state index < -0.39 is 29.7 Å². The number of hydrogen-bond donors (Lipinski definition) is 1. The lowest BCUT2D eigenvalue weighted by Gasteiger charge is -2.25. The number of likely N-dealkylation sites (tertiary alicyclic amines) is 1. The van der Waals surface area contributed by atoms with Gasteiger partial charge in [-0.05, 0) is 37.6 Å². The number of aromatic nitrogens is 1. The molecule has 7 heteroatoms. The summed E-state index contributed by atoms with van der Waals surface area (Å²) >= 11 is 0. The Morgan fingerprint density at radius 1 is 1.32 bits per heavy atom. The fraction of sp³-hybridized carbons (Fsp3) is 0.333. The molecule has 5 nitrogen and oxygen atoms in total. The van der Waals surface area contributed by atoms with Crippen molar-refractivity contribution in [3.8, 4) is 5.88 Å². The quantitative estimate of drug-likeness (QED) is 0.926. The molecule has 2 aromatic rings. The molecule has 0 bridgehead atoms. The lowest BCUT2D eigenvalue weighted by molar-refractivity contribution is 0.0713. The number of benzene rings is 1. The van der Waals surface area contributed by atoms with Crippen molar-refractivity contribution in [2.45, 2.75) is 25.5 Å². The van der Waals surface area contributed by atoms with Crippen LogP contribution in [0.3, 0.4) is 0 Å². The molecule has 0 spiro atoms. The minimum atomic E-state index is -0.804. The number of carbonyl (C=O) groups is 1. The standard InChI is InChI=1S/C18H18F2N2O3/c1-10-5-11(6-17(21-10)25-2)18(24)22-9-13(23)8-16(22)14-7-12(19)3-4-15(14)20/h3-7,13,16,23H,8-9H2,1-2H3/t13-,16-/m1/s1. The Hall–Kier alpha value is -2.54. The van der Waals surface area contributed by atoms with Crippen molar-refractivity contribution in [3.63, 3.8) is 0 Å². The van der Waals surface area contributed by atoms with E-state index >= 15 is 0 Å². The summed E-state index contributed by atoms with van der Waals surface area (Å²) in [6, 6.07) is 5.45. The second-order valence-corrected chi connectivity index (χ2v) is 6.07. The molecule has 2 heterocycles. The highest BCUT2D eigenvalue weighted by Crippen LogP contribution is 2.35. The molecule has 2 atom stereocenters. The summed E-state index contributed by atoms with van der Waals surface area (Å²) in [6.07, 6.45) is -0.658. The predicted octanol–water partition coefficient (Wildman–Crippen LogP) is 2.62. The molecular formula is C18H18F2N2O3. The Kier molecular flexibility index (Phi) is 4.67. The van der Waals surface area contributed by atoms with Gasteiger partial charge < -0.3 is 14.7 Å². The minimum Gasteiger partial charge on any atom is -0.481 e. The Bertz CT molecular complexity index is 813. The van der Waals surface area contributed by atoms with Gasteiger partial charge in [0.1, 0.15) is 11.6 Å². The van der Waals surface area contributed by atoms with Crippen LogP contribution in [0.1, 0.15) is 34.1 Å². The van der Waals surface area contributed by atoms with Crippen LogP contribution in [0.4, 0.5) is 8.78 Å². The fourth-order valence-electron chi connectivity index (χ4n) is 3.14. The van der Waals surface area contributed by atoms with Gasteiger partial charge in [0.25, 0.3) is 5.91 Å². The Morgan fingerprint density at radius 3 is 2.80 bits per heavy atom. The zero-order chi connectivity index (χ0) is 18.1. The van der Waals surface area contributed by atoms with Crippen LogP contribution in [0, 0.1) is 18.6 Å². The molecule has 0 saturated carbocycles. The number of methoxy groups -OCH3 is 1. The highest BCUT2D eigenvalue weighted by molar-refractivity contribution is 5.95. The maximum atomic E-state index is 14.2. The highest BCUT2D eigenvalue weighted by atomic mass is 19.1. The van der Waals surface area contributed by atoms with E-state index in [2.05, 4.69) is 4.98 Å². The van der Waals surface area contributed by atoms with Crippen molar-refractivity contribution >= 4 is 5.91 Å². The van der Waals surface area contributed by atoms with Crippen LogP contribution in [-0.2, 0) is 0 Å². The first kappa shape index (κ1) is 17.3. The van der Waals surface area contributed by atoms with Crippen molar-refractivity contribution in [3.05, 3.63) is 58.8 Å². The Morgan fingerprint density at radius 2 is 2.08 bits per heavy atom. The summed E-state index contributed by atoms with van der Waals surface area (Å²) in [7, 11) is 1.45. The van der Waals surface area contributed by atoms with Crippen molar-refractivity contribution in [2.75, 3.05) is 13.7 Å². The number of aliphatic hydroxyl groups excluding tert-OH is 1. The zero-order valence-corrected chi connectivity index (χ0v) is 13.9. The molecule has 1 aromatic heterocycles. The second-order valence-electron chi connectivity index (χ2n) is 6.07. The van der Waals surface area contributed by atoms with Gasteiger partial charge >= 0.3 is 0 Å². The first-order valence-electron chi connectivity index (χ1n) is 7.85. The predicted molar refractivity (Wildman–Crippen MR) is 86.3 cm³/mol. The molecule has 1 aromatic carbocycles. The van der Waals surface area contributed by atoms with Crippen molar-refractivity contribution in [2.24, 2.45) is 0 Å². The number of aliphatic hydroxyl groups is 1. The van der Waals surface area contributed by atoms with Crippen molar-refractivity contribution in [1.82, 2.24) is 9.88 Å². The molecule has 1 aliphatic rings. The molecule has 1 saturated heterocycles. The number of aryl methyl sites for hydroxylation is 1. The monoisotopic (exact) mass is 348 g/mol. The van der Waals surface area contributed by atoms with Gasteiger partial charge in [-0.3, -0.25) is 4.79 Å². The van der Waals surface area contributed by atoms with Gasteiger partial charge in [-0.2, -0.15) is 0 Å². The normalized spacial score (nSPS) is 20.0. The van der Waals surface area contributed by atoms with E-state index in [0.29, 0.717) is 11.3 Å². The molecule has 132 valence electrons. The average Bonchev–Trinajstić information content (AvgIpc) is 2.97. The molecule has 1 N–H and O–H groups in total. The van der Waals surface area contributed by atoms with Crippen LogP contribution >= 0.6 is 0 Å². The summed E-state index contributed by atoms with van der Waals surface area (Å²) in [6.45, 7) is 1.77. The SMILES string of the molecule is COc1cc(C(=O)N2C[C@H](O)C[C@@H]2c2cc(F)ccc2F)cc(C)n1. The summed E-state index contributed by atoms with van der Waals surface area (Å²) in [5.74, 6) is -1.31. The largest absolute Gasteiger partial charge is 0.481 e. The van der Waals surface area contributed by atoms with Crippen LogP contribution < -0.4 is 4.74 Å². The molecule has 1 fully saturated rings. The number of carbonyl (C=O) groups excluding carboxylic acids is 1. The van der Waals surface area contributed by atoms with Gasteiger partial charge in [-0.25, -0.2) is 13.8 Å². The fourth-order valence-corrected chi connectivity index (χ4v) is 3.14. The number of β-amino-alcohol motifs (C(OH)–C–C–N with tert-alkyl or cyclic N) is 1. The van der Waals surface area contributed by atoms with E-state index in [1.54, 1.807) is 13.0 Å². The Labute approximate surface area is 143 Å². The maximum absolute atomic E-state index is 14.2. The molecule has 0 radical (unpaired) electrons. The number of pyridine rings is 1. The lowest BCUT2D eigenvalue weighted by atomic mass is 10.0. The van der Waals surface area contributed by atoms with Gasteiger partial charge in [0, 0.05) is 29.4 Å². The summed E-state index contributed by atoms with van der Waals surface area (Å²) in [5.41, 5.74) is 0.971. The number of amides is 1. The van der Waals surface area contributed by atoms with E-state index in [9.17, 15) is 18.7 Å². The number of nitrogens with zero attached hydrogens (tertiary/aromatic N) is 2. The number of hydrogen-bond acceptors (Lipinski definition) is 4. The third kappa shape index (κ3) is 3.46. The third-order valence-corrected chi connectivity index (χ3v) is 4.24. The first-order chi connectivity index (χ1) is 11.9. The van der Waals surface area contributed by atoms with Crippen LogP contribution in [-0.4, -0.2) is 40.7 Å². The molecule has 3 rings (SSSR count). The summed E-state index contributed by atoms with van der Waals surface area (Å²) in [5, 5.41) is 10.00. The molecule has 1 amide bonds. The van der Waals surface area contributed by atoms with Gasteiger partial charge in [0.2, 0.25) is 5.88 Å². The molecular weight excluding hydrogens is 330 g/mol. The van der Waals surface area contributed by atoms with Crippen molar-refractivity contribution < 1.29 is 23.4 Å². The lowest BCUT2D eigenvalue weighted by Crippen LogP contribution is -2.32. The smallest absolute Gasteiger partial charge is 0.254 e. The van der Waals surface area contributed by atoms with E-state index in [-0.39, 0.29) is 24.4 Å².